The van der Waals surface area contributed by atoms with Crippen molar-refractivity contribution in [1.82, 2.24) is 0 Å². The molecular formula is C47H96O18. The molecule has 65 heavy (non-hydrogen) atoms. The van der Waals surface area contributed by atoms with Crippen molar-refractivity contribution in [2.24, 2.45) is 5.92 Å². The van der Waals surface area contributed by atoms with E-state index in [4.69, 9.17) is 85.6 Å². The Hall–Kier alpha value is -0.720. The van der Waals surface area contributed by atoms with E-state index >= 15 is 0 Å². The standard InChI is InChI=1S/C47H96O18/c1-47(2)11-9-7-5-3-4-6-8-10-13-49-15-17-51-19-21-53-23-25-55-27-29-57-31-33-59-35-37-61-39-41-63-43-45-65-46-44-64-42-40-62-38-36-60-34-32-58-30-28-56-26-24-54-22-20-52-18-16-50-14-12-48/h47-48H,3-46H2,1-2H3. The molecule has 0 aromatic heterocycles. The largest absolute Gasteiger partial charge is 0.394 e. The van der Waals surface area contributed by atoms with E-state index in [1.165, 1.54) is 51.4 Å². The number of hydrogen-bond acceptors (Lipinski definition) is 18. The molecule has 392 valence electrons. The van der Waals surface area contributed by atoms with Crippen LogP contribution in [0.25, 0.3) is 0 Å². The zero-order valence-electron chi connectivity index (χ0n) is 41.1. The van der Waals surface area contributed by atoms with E-state index in [0.29, 0.717) is 218 Å². The smallest absolute Gasteiger partial charge is 0.0701 e. The van der Waals surface area contributed by atoms with Crippen molar-refractivity contribution in [3.63, 3.8) is 0 Å². The van der Waals surface area contributed by atoms with Gasteiger partial charge in [0.1, 0.15) is 0 Å². The monoisotopic (exact) mass is 949 g/mol. The minimum absolute atomic E-state index is 0.0219. The van der Waals surface area contributed by atoms with Gasteiger partial charge in [0.05, 0.1) is 225 Å². The summed E-state index contributed by atoms with van der Waals surface area (Å²) in [6.45, 7) is 22.2. The van der Waals surface area contributed by atoms with E-state index in [9.17, 15) is 0 Å². The molecule has 0 saturated heterocycles. The fourth-order valence-electron chi connectivity index (χ4n) is 5.50. The highest BCUT2D eigenvalue weighted by atomic mass is 16.6. The third-order valence-corrected chi connectivity index (χ3v) is 9.01. The van der Waals surface area contributed by atoms with E-state index in [-0.39, 0.29) is 6.61 Å². The Balaban J connectivity index is 3.07. The summed E-state index contributed by atoms with van der Waals surface area (Å²) in [4.78, 5) is 0. The van der Waals surface area contributed by atoms with E-state index in [1.54, 1.807) is 0 Å². The minimum Gasteiger partial charge on any atom is -0.394 e. The molecule has 0 aliphatic carbocycles. The summed E-state index contributed by atoms with van der Waals surface area (Å²) in [5, 5.41) is 8.60. The quantitative estimate of drug-likeness (QED) is 0.0847. The van der Waals surface area contributed by atoms with Crippen LogP contribution >= 0.6 is 0 Å². The van der Waals surface area contributed by atoms with Gasteiger partial charge in [-0.3, -0.25) is 0 Å². The maximum atomic E-state index is 8.60. The average molecular weight is 949 g/mol. The van der Waals surface area contributed by atoms with Crippen molar-refractivity contribution in [2.45, 2.75) is 71.6 Å². The van der Waals surface area contributed by atoms with Gasteiger partial charge in [-0.15, -0.1) is 0 Å². The summed E-state index contributed by atoms with van der Waals surface area (Å²) < 4.78 is 93.2. The lowest BCUT2D eigenvalue weighted by atomic mass is 10.0. The van der Waals surface area contributed by atoms with Gasteiger partial charge in [0, 0.05) is 6.61 Å². The van der Waals surface area contributed by atoms with Gasteiger partial charge in [-0.05, 0) is 12.3 Å². The van der Waals surface area contributed by atoms with Crippen LogP contribution in [0, 0.1) is 5.92 Å². The van der Waals surface area contributed by atoms with Gasteiger partial charge in [-0.25, -0.2) is 0 Å². The number of hydrogen-bond donors (Lipinski definition) is 1. The lowest BCUT2D eigenvalue weighted by Crippen LogP contribution is -2.16. The van der Waals surface area contributed by atoms with Crippen LogP contribution in [0.5, 0.6) is 0 Å². The molecule has 0 radical (unpaired) electrons. The number of aliphatic hydroxyl groups excluding tert-OH is 1. The summed E-state index contributed by atoms with van der Waals surface area (Å²) in [7, 11) is 0. The maximum absolute atomic E-state index is 8.60. The predicted molar refractivity (Wildman–Crippen MR) is 247 cm³/mol. The lowest BCUT2D eigenvalue weighted by Gasteiger charge is -2.09. The molecule has 0 atom stereocenters. The summed E-state index contributed by atoms with van der Waals surface area (Å²) in [6.07, 6.45) is 12.0. The lowest BCUT2D eigenvalue weighted by molar-refractivity contribution is -0.0308. The molecule has 0 saturated carbocycles. The second kappa shape index (κ2) is 61.3. The van der Waals surface area contributed by atoms with Gasteiger partial charge < -0.3 is 85.6 Å². The Bertz CT molecular complexity index is 821. The van der Waals surface area contributed by atoms with Crippen LogP contribution in [0.4, 0.5) is 0 Å². The molecule has 18 nitrogen and oxygen atoms in total. The van der Waals surface area contributed by atoms with Crippen LogP contribution < -0.4 is 0 Å². The highest BCUT2D eigenvalue weighted by Gasteiger charge is 2.00. The number of rotatable bonds is 61. The molecule has 0 aromatic carbocycles. The van der Waals surface area contributed by atoms with Crippen molar-refractivity contribution in [3.8, 4) is 0 Å². The molecule has 1 N–H and O–H groups in total. The second-order valence-corrected chi connectivity index (χ2v) is 15.1. The Morgan fingerprint density at radius 3 is 0.538 bits per heavy atom. The first-order valence-corrected chi connectivity index (χ1v) is 24.7. The van der Waals surface area contributed by atoms with Crippen LogP contribution in [-0.4, -0.2) is 236 Å². The van der Waals surface area contributed by atoms with Gasteiger partial charge >= 0.3 is 0 Å². The Labute approximate surface area is 393 Å². The minimum atomic E-state index is 0.0219. The zero-order chi connectivity index (χ0) is 46.7. The van der Waals surface area contributed by atoms with Gasteiger partial charge in [0.25, 0.3) is 0 Å². The number of unbranched alkanes of at least 4 members (excludes halogenated alkanes) is 7. The average Bonchev–Trinajstić information content (AvgIpc) is 3.30. The normalized spacial score (nSPS) is 11.8. The summed E-state index contributed by atoms with van der Waals surface area (Å²) in [6, 6.07) is 0. The highest BCUT2D eigenvalue weighted by Crippen LogP contribution is 2.12. The molecule has 0 aromatic rings. The fraction of sp³-hybridized carbons (Fsp3) is 1.00. The molecule has 0 fully saturated rings. The first kappa shape index (κ1) is 64.3. The van der Waals surface area contributed by atoms with Crippen LogP contribution in [0.2, 0.25) is 0 Å². The third-order valence-electron chi connectivity index (χ3n) is 9.01. The SMILES string of the molecule is CC(C)CCCCCCCCCCOCCOCCOCCOCCOCCOCCOCCOCCOCCOCCOCCOCCOCCOCCOCCOCCOCCO. The molecule has 0 spiro atoms. The van der Waals surface area contributed by atoms with E-state index < -0.39 is 0 Å². The molecular weight excluding hydrogens is 852 g/mol. The Morgan fingerprint density at radius 1 is 0.200 bits per heavy atom. The van der Waals surface area contributed by atoms with E-state index in [1.807, 2.05) is 0 Å². The zero-order valence-corrected chi connectivity index (χ0v) is 41.1. The number of aliphatic hydroxyl groups is 1. The van der Waals surface area contributed by atoms with Crippen LogP contribution in [0.15, 0.2) is 0 Å². The number of ether oxygens (including phenoxy) is 17. The van der Waals surface area contributed by atoms with E-state index in [0.717, 1.165) is 18.9 Å². The molecule has 18 heteroatoms. The van der Waals surface area contributed by atoms with Gasteiger partial charge in [-0.2, -0.15) is 0 Å². The van der Waals surface area contributed by atoms with E-state index in [2.05, 4.69) is 13.8 Å². The van der Waals surface area contributed by atoms with Crippen LogP contribution in [0.1, 0.15) is 71.6 Å². The molecule has 0 aliphatic heterocycles. The molecule has 0 heterocycles. The van der Waals surface area contributed by atoms with Gasteiger partial charge in [-0.1, -0.05) is 65.2 Å². The first-order valence-electron chi connectivity index (χ1n) is 24.7. The van der Waals surface area contributed by atoms with Crippen molar-refractivity contribution < 1.29 is 85.6 Å². The summed E-state index contributed by atoms with van der Waals surface area (Å²) in [5.74, 6) is 0.842. The molecule has 0 bridgehead atoms. The van der Waals surface area contributed by atoms with Gasteiger partial charge in [0.2, 0.25) is 0 Å². The maximum Gasteiger partial charge on any atom is 0.0701 e. The fourth-order valence-corrected chi connectivity index (χ4v) is 5.50. The molecule has 0 unspecified atom stereocenters. The van der Waals surface area contributed by atoms with Crippen molar-refractivity contribution in [1.29, 1.82) is 0 Å². The predicted octanol–water partition coefficient (Wildman–Crippen LogP) is 4.43. The first-order chi connectivity index (χ1) is 32.3. The summed E-state index contributed by atoms with van der Waals surface area (Å²) >= 11 is 0. The van der Waals surface area contributed by atoms with Crippen molar-refractivity contribution in [2.75, 3.05) is 231 Å². The third kappa shape index (κ3) is 63.3. The van der Waals surface area contributed by atoms with Crippen LogP contribution in [-0.2, 0) is 80.5 Å². The molecule has 0 aliphatic rings. The molecule has 0 rings (SSSR count). The Morgan fingerprint density at radius 2 is 0.354 bits per heavy atom. The highest BCUT2D eigenvalue weighted by molar-refractivity contribution is 4.50. The topological polar surface area (TPSA) is 177 Å². The second-order valence-electron chi connectivity index (χ2n) is 15.1. The van der Waals surface area contributed by atoms with Crippen molar-refractivity contribution in [3.05, 3.63) is 0 Å². The summed E-state index contributed by atoms with van der Waals surface area (Å²) in [5.41, 5.74) is 0. The van der Waals surface area contributed by atoms with Crippen LogP contribution in [0.3, 0.4) is 0 Å². The molecule has 0 amide bonds. The van der Waals surface area contributed by atoms with Crippen molar-refractivity contribution >= 4 is 0 Å². The Kier molecular flexibility index (Phi) is 60.6. The van der Waals surface area contributed by atoms with Gasteiger partial charge in [0.15, 0.2) is 0 Å².